The zero-order valence-electron chi connectivity index (χ0n) is 9.84. The molecule has 0 saturated heterocycles. The molecule has 2 heteroatoms. The summed E-state index contributed by atoms with van der Waals surface area (Å²) in [4.78, 5) is 0. The minimum absolute atomic E-state index is 0.213. The molecule has 2 N–H and O–H groups in total. The molecule has 0 bridgehead atoms. The molecular weight excluding hydrogens is 174 g/mol. The summed E-state index contributed by atoms with van der Waals surface area (Å²) in [5.74, 6) is 0. The molecule has 0 aliphatic heterocycles. The number of hydrogen-bond donors (Lipinski definition) is 1. The van der Waals surface area contributed by atoms with Gasteiger partial charge >= 0.3 is 0 Å². The topological polar surface area (TPSA) is 35.2 Å². The Morgan fingerprint density at radius 2 is 2.21 bits per heavy atom. The quantitative estimate of drug-likeness (QED) is 0.705. The molecule has 1 aliphatic carbocycles. The average molecular weight is 197 g/mol. The Kier molecular flexibility index (Phi) is 3.73. The van der Waals surface area contributed by atoms with Gasteiger partial charge in [-0.2, -0.15) is 0 Å². The van der Waals surface area contributed by atoms with Gasteiger partial charge in [0.25, 0.3) is 0 Å². The Balaban J connectivity index is 2.52. The second-order valence-corrected chi connectivity index (χ2v) is 5.39. The van der Waals surface area contributed by atoms with Crippen molar-refractivity contribution >= 4 is 0 Å². The maximum absolute atomic E-state index is 5.98. The third kappa shape index (κ3) is 3.81. The van der Waals surface area contributed by atoms with Crippen LogP contribution in [-0.2, 0) is 4.74 Å². The molecule has 1 atom stereocenters. The van der Waals surface area contributed by atoms with Crippen LogP contribution >= 0.6 is 0 Å². The summed E-state index contributed by atoms with van der Waals surface area (Å²) in [5.41, 5.74) is 7.68. The van der Waals surface area contributed by atoms with E-state index in [1.807, 2.05) is 0 Å². The fraction of sp³-hybridized carbons (Fsp3) is 0.833. The first-order chi connectivity index (χ1) is 6.39. The van der Waals surface area contributed by atoms with Gasteiger partial charge in [-0.1, -0.05) is 19.9 Å². The van der Waals surface area contributed by atoms with E-state index in [1.165, 1.54) is 5.57 Å². The summed E-state index contributed by atoms with van der Waals surface area (Å²) in [5, 5.41) is 0. The number of ether oxygens (including phenoxy) is 1. The lowest BCUT2D eigenvalue weighted by Crippen LogP contribution is -2.32. The van der Waals surface area contributed by atoms with Crippen molar-refractivity contribution in [1.29, 1.82) is 0 Å². The summed E-state index contributed by atoms with van der Waals surface area (Å²) >= 11 is 0. The van der Waals surface area contributed by atoms with Gasteiger partial charge in [0, 0.05) is 6.04 Å². The van der Waals surface area contributed by atoms with E-state index in [-0.39, 0.29) is 6.04 Å². The molecule has 0 fully saturated rings. The van der Waals surface area contributed by atoms with Crippen LogP contribution in [0, 0.1) is 5.41 Å². The molecule has 0 amide bonds. The number of hydrogen-bond acceptors (Lipinski definition) is 2. The molecule has 1 aliphatic rings. The van der Waals surface area contributed by atoms with Gasteiger partial charge in [0.15, 0.2) is 0 Å². The minimum Gasteiger partial charge on any atom is -0.374 e. The van der Waals surface area contributed by atoms with Crippen LogP contribution in [0.15, 0.2) is 11.6 Å². The van der Waals surface area contributed by atoms with Crippen molar-refractivity contribution in [2.45, 2.75) is 52.7 Å². The van der Waals surface area contributed by atoms with E-state index in [2.05, 4.69) is 33.8 Å². The van der Waals surface area contributed by atoms with E-state index < -0.39 is 0 Å². The highest BCUT2D eigenvalue weighted by Crippen LogP contribution is 2.34. The summed E-state index contributed by atoms with van der Waals surface area (Å²) in [6.07, 6.45) is 4.68. The Morgan fingerprint density at radius 3 is 2.71 bits per heavy atom. The van der Waals surface area contributed by atoms with Crippen LogP contribution in [0.4, 0.5) is 0 Å². The first kappa shape index (κ1) is 11.7. The van der Waals surface area contributed by atoms with Gasteiger partial charge in [0.2, 0.25) is 0 Å². The van der Waals surface area contributed by atoms with Crippen LogP contribution in [-0.4, -0.2) is 18.8 Å². The van der Waals surface area contributed by atoms with Gasteiger partial charge in [-0.3, -0.25) is 0 Å². The molecule has 0 saturated carbocycles. The molecule has 1 unspecified atom stereocenters. The Labute approximate surface area is 87.5 Å². The fourth-order valence-corrected chi connectivity index (χ4v) is 2.12. The zero-order chi connectivity index (χ0) is 10.8. The third-order valence-corrected chi connectivity index (χ3v) is 2.55. The third-order valence-electron chi connectivity index (χ3n) is 2.55. The van der Waals surface area contributed by atoms with Crippen LogP contribution in [0.5, 0.6) is 0 Å². The van der Waals surface area contributed by atoms with Crippen molar-refractivity contribution in [3.63, 3.8) is 0 Å². The SMILES string of the molecule is CC(C)OCC1=CC(N)CC(C)(C)C1. The first-order valence-corrected chi connectivity index (χ1v) is 5.46. The molecule has 0 aromatic carbocycles. The standard InChI is InChI=1S/C12H23NO/c1-9(2)14-8-10-5-11(13)7-12(3,4)6-10/h5,9,11H,6-8,13H2,1-4H3. The number of rotatable bonds is 3. The molecule has 0 radical (unpaired) electrons. The smallest absolute Gasteiger partial charge is 0.0681 e. The zero-order valence-corrected chi connectivity index (χ0v) is 9.84. The highest BCUT2D eigenvalue weighted by Gasteiger charge is 2.26. The number of nitrogens with two attached hydrogens (primary N) is 1. The summed E-state index contributed by atoms with van der Waals surface area (Å²) in [6, 6.07) is 0.213. The van der Waals surface area contributed by atoms with Gasteiger partial charge in [-0.15, -0.1) is 0 Å². The van der Waals surface area contributed by atoms with E-state index in [1.54, 1.807) is 0 Å². The predicted octanol–water partition coefficient (Wildman–Crippen LogP) is 2.49. The van der Waals surface area contributed by atoms with Crippen molar-refractivity contribution in [1.82, 2.24) is 0 Å². The average Bonchev–Trinajstić information content (AvgIpc) is 1.96. The monoisotopic (exact) mass is 197 g/mol. The van der Waals surface area contributed by atoms with Crippen LogP contribution in [0.25, 0.3) is 0 Å². The lowest BCUT2D eigenvalue weighted by atomic mass is 9.76. The van der Waals surface area contributed by atoms with Crippen molar-refractivity contribution < 1.29 is 4.74 Å². The fourth-order valence-electron chi connectivity index (χ4n) is 2.12. The van der Waals surface area contributed by atoms with Crippen LogP contribution in [0.3, 0.4) is 0 Å². The summed E-state index contributed by atoms with van der Waals surface area (Å²) in [6.45, 7) is 9.42. The molecule has 0 aromatic rings. The maximum atomic E-state index is 5.98. The van der Waals surface area contributed by atoms with Crippen molar-refractivity contribution in [3.8, 4) is 0 Å². The molecule has 2 nitrogen and oxygen atoms in total. The Morgan fingerprint density at radius 1 is 1.57 bits per heavy atom. The Bertz CT molecular complexity index is 218. The molecular formula is C12H23NO. The van der Waals surface area contributed by atoms with Gasteiger partial charge in [-0.25, -0.2) is 0 Å². The molecule has 14 heavy (non-hydrogen) atoms. The largest absolute Gasteiger partial charge is 0.374 e. The molecule has 82 valence electrons. The van der Waals surface area contributed by atoms with Crippen LogP contribution < -0.4 is 5.73 Å². The second kappa shape index (κ2) is 4.45. The second-order valence-electron chi connectivity index (χ2n) is 5.39. The molecule has 0 aromatic heterocycles. The Hall–Kier alpha value is -0.340. The van der Waals surface area contributed by atoms with Gasteiger partial charge in [0.1, 0.15) is 0 Å². The van der Waals surface area contributed by atoms with Crippen molar-refractivity contribution in [2.24, 2.45) is 11.1 Å². The van der Waals surface area contributed by atoms with Gasteiger partial charge < -0.3 is 10.5 Å². The summed E-state index contributed by atoms with van der Waals surface area (Å²) in [7, 11) is 0. The molecule has 0 spiro atoms. The van der Waals surface area contributed by atoms with Gasteiger partial charge in [0.05, 0.1) is 12.7 Å². The van der Waals surface area contributed by atoms with Crippen LogP contribution in [0.2, 0.25) is 0 Å². The van der Waals surface area contributed by atoms with E-state index in [0.29, 0.717) is 11.5 Å². The van der Waals surface area contributed by atoms with Gasteiger partial charge in [-0.05, 0) is 37.7 Å². The molecule has 1 rings (SSSR count). The highest BCUT2D eigenvalue weighted by molar-refractivity contribution is 5.14. The van der Waals surface area contributed by atoms with Crippen LogP contribution in [0.1, 0.15) is 40.5 Å². The maximum Gasteiger partial charge on any atom is 0.0681 e. The normalized spacial score (nSPS) is 26.4. The summed E-state index contributed by atoms with van der Waals surface area (Å²) < 4.78 is 5.60. The lowest BCUT2D eigenvalue weighted by molar-refractivity contribution is 0.0904. The van der Waals surface area contributed by atoms with E-state index in [4.69, 9.17) is 10.5 Å². The molecule has 0 heterocycles. The first-order valence-electron chi connectivity index (χ1n) is 5.46. The van der Waals surface area contributed by atoms with Crippen molar-refractivity contribution in [2.75, 3.05) is 6.61 Å². The van der Waals surface area contributed by atoms with E-state index >= 15 is 0 Å². The predicted molar refractivity (Wildman–Crippen MR) is 60.2 cm³/mol. The highest BCUT2D eigenvalue weighted by atomic mass is 16.5. The van der Waals surface area contributed by atoms with E-state index in [9.17, 15) is 0 Å². The van der Waals surface area contributed by atoms with Crippen molar-refractivity contribution in [3.05, 3.63) is 11.6 Å². The lowest BCUT2D eigenvalue weighted by Gasteiger charge is -2.33. The minimum atomic E-state index is 0.213. The van der Waals surface area contributed by atoms with E-state index in [0.717, 1.165) is 19.4 Å².